The number of para-hydroxylation sites is 6. The number of thiophene rings is 1. The Bertz CT molecular complexity index is 4310. The molecule has 13 aromatic rings. The predicted molar refractivity (Wildman–Crippen MR) is 302 cm³/mol. The summed E-state index contributed by atoms with van der Waals surface area (Å²) in [6.45, 7) is 0. The van der Waals surface area contributed by atoms with Gasteiger partial charge >= 0.3 is 0 Å². The van der Waals surface area contributed by atoms with Crippen LogP contribution in [-0.2, 0) is 0 Å². The summed E-state index contributed by atoms with van der Waals surface area (Å²) in [6, 6.07) is 85.8. The average molecular weight is 953 g/mol. The Kier molecular flexibility index (Phi) is 9.30. The van der Waals surface area contributed by atoms with E-state index >= 15 is 0 Å². The van der Waals surface area contributed by atoms with Crippen LogP contribution >= 0.6 is 11.3 Å². The number of hydrogen-bond donors (Lipinski definition) is 0. The van der Waals surface area contributed by atoms with Crippen molar-refractivity contribution in [1.29, 1.82) is 0 Å². The van der Waals surface area contributed by atoms with Gasteiger partial charge < -0.3 is 19.4 Å². The second-order valence-corrected chi connectivity index (χ2v) is 19.4. The molecule has 2 aromatic heterocycles. The number of aromatic nitrogens is 3. The van der Waals surface area contributed by atoms with Crippen molar-refractivity contribution in [3.8, 4) is 45.7 Å². The van der Waals surface area contributed by atoms with E-state index in [-0.39, 0.29) is 0 Å². The summed E-state index contributed by atoms with van der Waals surface area (Å²) >= 11 is 1.78. The van der Waals surface area contributed by atoms with Crippen molar-refractivity contribution in [2.75, 3.05) is 14.7 Å². The second-order valence-electron chi connectivity index (χ2n) is 18.3. The van der Waals surface area contributed by atoms with Gasteiger partial charge in [-0.15, -0.1) is 11.3 Å². The molecular formula is C65H40N6OS. The van der Waals surface area contributed by atoms with Gasteiger partial charge in [0.2, 0.25) is 0 Å². The van der Waals surface area contributed by atoms with E-state index < -0.39 is 0 Å². The van der Waals surface area contributed by atoms with Crippen molar-refractivity contribution in [3.63, 3.8) is 0 Å². The van der Waals surface area contributed by atoms with Crippen LogP contribution in [0.3, 0.4) is 0 Å². The lowest BCUT2D eigenvalue weighted by Gasteiger charge is -2.42. The molecule has 0 saturated carbocycles. The zero-order chi connectivity index (χ0) is 48.0. The molecule has 11 aromatic carbocycles. The fourth-order valence-electron chi connectivity index (χ4n) is 11.0. The quantitative estimate of drug-likeness (QED) is 0.165. The number of nitrogens with zero attached hydrogens (tertiary/aromatic N) is 6. The molecule has 0 amide bonds. The number of hydrogen-bond acceptors (Lipinski definition) is 8. The first-order valence-electron chi connectivity index (χ1n) is 24.4. The Morgan fingerprint density at radius 2 is 0.836 bits per heavy atom. The van der Waals surface area contributed by atoms with Crippen LogP contribution in [0.2, 0.25) is 0 Å². The van der Waals surface area contributed by atoms with Gasteiger partial charge in [0.05, 0.1) is 45.5 Å². The minimum Gasteiger partial charge on any atom is -0.453 e. The van der Waals surface area contributed by atoms with Gasteiger partial charge in [0.1, 0.15) is 0 Å². The third-order valence-corrected chi connectivity index (χ3v) is 15.4. The van der Waals surface area contributed by atoms with Gasteiger partial charge in [0.15, 0.2) is 29.0 Å². The summed E-state index contributed by atoms with van der Waals surface area (Å²) in [7, 11) is 0. The first-order valence-corrected chi connectivity index (χ1v) is 25.2. The molecule has 342 valence electrons. The summed E-state index contributed by atoms with van der Waals surface area (Å²) in [5.74, 6) is 3.49. The van der Waals surface area contributed by atoms with Crippen LogP contribution in [0.4, 0.5) is 51.2 Å². The van der Waals surface area contributed by atoms with E-state index in [9.17, 15) is 0 Å². The van der Waals surface area contributed by atoms with E-state index in [1.54, 1.807) is 11.3 Å². The lowest BCUT2D eigenvalue weighted by molar-refractivity contribution is 0.477. The van der Waals surface area contributed by atoms with E-state index in [2.05, 4.69) is 215 Å². The SMILES string of the molecule is c1ccc(-c2nc(-c3ccc(N4c5ccccc5N(c5cccc6ccccc56)c5cc(N6c7ccccc7Oc7ccccc76)ccc54)c4ccccc34)nc(-c3cccc4c3sc3ccccc34)n2)cc1. The summed E-state index contributed by atoms with van der Waals surface area (Å²) < 4.78 is 8.89. The minimum absolute atomic E-state index is 0.613. The monoisotopic (exact) mass is 952 g/mol. The maximum Gasteiger partial charge on any atom is 0.165 e. The van der Waals surface area contributed by atoms with Gasteiger partial charge in [-0.25, -0.2) is 15.0 Å². The molecular weight excluding hydrogens is 913 g/mol. The van der Waals surface area contributed by atoms with E-state index in [1.165, 1.54) is 20.9 Å². The largest absolute Gasteiger partial charge is 0.453 e. The molecule has 73 heavy (non-hydrogen) atoms. The maximum absolute atomic E-state index is 6.50. The van der Waals surface area contributed by atoms with Crippen LogP contribution in [0.5, 0.6) is 11.5 Å². The van der Waals surface area contributed by atoms with Crippen LogP contribution in [-0.4, -0.2) is 15.0 Å². The van der Waals surface area contributed by atoms with Gasteiger partial charge in [-0.2, -0.15) is 0 Å². The molecule has 2 aliphatic rings. The molecule has 0 aliphatic carbocycles. The maximum atomic E-state index is 6.50. The zero-order valence-electron chi connectivity index (χ0n) is 39.1. The molecule has 0 atom stereocenters. The van der Waals surface area contributed by atoms with Crippen LogP contribution < -0.4 is 19.4 Å². The molecule has 0 saturated heterocycles. The van der Waals surface area contributed by atoms with Gasteiger partial charge in [-0.3, -0.25) is 0 Å². The average Bonchev–Trinajstić information content (AvgIpc) is 3.86. The smallest absolute Gasteiger partial charge is 0.165 e. The van der Waals surface area contributed by atoms with Gasteiger partial charge in [-0.05, 0) is 95.7 Å². The lowest BCUT2D eigenvalue weighted by Crippen LogP contribution is -2.25. The first kappa shape index (κ1) is 41.2. The van der Waals surface area contributed by atoms with Crippen molar-refractivity contribution < 1.29 is 4.74 Å². The van der Waals surface area contributed by atoms with Gasteiger partial charge in [0.25, 0.3) is 0 Å². The Morgan fingerprint density at radius 1 is 0.315 bits per heavy atom. The third-order valence-electron chi connectivity index (χ3n) is 14.2. The molecule has 15 rings (SSSR count). The van der Waals surface area contributed by atoms with E-state index in [0.717, 1.165) is 100 Å². The van der Waals surface area contributed by atoms with Crippen LogP contribution in [0, 0.1) is 0 Å². The first-order chi connectivity index (χ1) is 36.2. The number of anilines is 9. The van der Waals surface area contributed by atoms with E-state index in [0.29, 0.717) is 17.5 Å². The van der Waals surface area contributed by atoms with Crippen molar-refractivity contribution in [2.45, 2.75) is 0 Å². The molecule has 0 bridgehead atoms. The zero-order valence-corrected chi connectivity index (χ0v) is 39.9. The second kappa shape index (κ2) is 16.5. The molecule has 2 aliphatic heterocycles. The highest BCUT2D eigenvalue weighted by atomic mass is 32.1. The highest BCUT2D eigenvalue weighted by molar-refractivity contribution is 7.26. The molecule has 0 N–H and O–H groups in total. The van der Waals surface area contributed by atoms with Gasteiger partial charge in [0, 0.05) is 53.3 Å². The van der Waals surface area contributed by atoms with Gasteiger partial charge in [-0.1, -0.05) is 158 Å². The van der Waals surface area contributed by atoms with Crippen molar-refractivity contribution in [2.24, 2.45) is 0 Å². The molecule has 0 spiro atoms. The lowest BCUT2D eigenvalue weighted by atomic mass is 9.98. The standard InChI is InChI=1S/C65H40N6OS/c1-2-19-42(20-3-1)63-66-64(68-65(67-63)50-27-17-26-48-47-25-8-15-35-61(47)73-62(48)50)49-37-39-52(46-24-7-6-23-45(46)49)70-53-28-9-10-29-54(53)71(51-32-16-21-41-18-4-5-22-44(41)51)58-40-43(36-38-55(58)70)69-56-30-11-13-33-59(56)72-60-34-14-12-31-57(60)69/h1-40H. The van der Waals surface area contributed by atoms with E-state index in [4.69, 9.17) is 19.7 Å². The summed E-state index contributed by atoms with van der Waals surface area (Å²) in [5.41, 5.74) is 12.1. The Balaban J connectivity index is 0.949. The predicted octanol–water partition coefficient (Wildman–Crippen LogP) is 18.4. The van der Waals surface area contributed by atoms with Crippen molar-refractivity contribution in [1.82, 2.24) is 15.0 Å². The Labute approximate surface area is 424 Å². The number of rotatable bonds is 6. The highest BCUT2D eigenvalue weighted by Gasteiger charge is 2.34. The van der Waals surface area contributed by atoms with Crippen LogP contribution in [0.15, 0.2) is 243 Å². The van der Waals surface area contributed by atoms with Crippen molar-refractivity contribution >= 4 is 104 Å². The summed E-state index contributed by atoms with van der Waals surface area (Å²) in [6.07, 6.45) is 0. The normalized spacial score (nSPS) is 12.7. The molecule has 0 unspecified atom stereocenters. The Hall–Kier alpha value is -9.63. The topological polar surface area (TPSA) is 57.6 Å². The fourth-order valence-corrected chi connectivity index (χ4v) is 12.2. The molecule has 8 heteroatoms. The Morgan fingerprint density at radius 3 is 1.62 bits per heavy atom. The molecule has 0 fully saturated rings. The van der Waals surface area contributed by atoms with Crippen LogP contribution in [0.1, 0.15) is 0 Å². The number of benzene rings is 11. The minimum atomic E-state index is 0.613. The summed E-state index contributed by atoms with van der Waals surface area (Å²) in [5, 5.41) is 6.87. The highest BCUT2D eigenvalue weighted by Crippen LogP contribution is 2.59. The van der Waals surface area contributed by atoms with Crippen LogP contribution in [0.25, 0.3) is 75.9 Å². The number of fused-ring (bicyclic) bond motifs is 9. The number of ether oxygens (including phenoxy) is 1. The molecule has 0 radical (unpaired) electrons. The summed E-state index contributed by atoms with van der Waals surface area (Å²) in [4.78, 5) is 23.1. The molecule has 7 nitrogen and oxygen atoms in total. The van der Waals surface area contributed by atoms with E-state index in [1.807, 2.05) is 42.5 Å². The molecule has 4 heterocycles. The van der Waals surface area contributed by atoms with Crippen molar-refractivity contribution in [3.05, 3.63) is 243 Å². The fraction of sp³-hybridized carbons (Fsp3) is 0. The third kappa shape index (κ3) is 6.54.